The van der Waals surface area contributed by atoms with E-state index in [0.29, 0.717) is 6.42 Å². The second-order valence-electron chi connectivity index (χ2n) is 7.87. The first-order valence-corrected chi connectivity index (χ1v) is 10.7. The fourth-order valence-electron chi connectivity index (χ4n) is 4.26. The number of aliphatic hydroxyl groups is 1. The lowest BCUT2D eigenvalue weighted by Crippen LogP contribution is -2.47. The molecule has 0 amide bonds. The fourth-order valence-corrected chi connectivity index (χ4v) is 6.09. The standard InChI is InChI=1S/C18H30FN2O3P.CH4O/c1-11(2)21(12(3)4)25(22-8-7-20-6)24-18-10-14-9-15(14)17(18)23-13(5)16(18)19;1-2/h11-17H,7-10H2,1-5H3;2H,1H3/t13-,14-,15-,16+,17+,18-,25?;/m0./s1/i15D;2T. The third-order valence-electron chi connectivity index (χ3n) is 5.32. The molecule has 1 heterocycles. The number of nitrogens with zero attached hydrogens (tertiary/aromatic N) is 2. The third kappa shape index (κ3) is 4.47. The highest BCUT2D eigenvalue weighted by molar-refractivity contribution is 7.44. The molecule has 0 bridgehead atoms. The molecule has 8 heteroatoms. The van der Waals surface area contributed by atoms with E-state index in [4.69, 9.17) is 23.2 Å². The number of hydrogen-bond acceptors (Lipinski definition) is 5. The van der Waals surface area contributed by atoms with Gasteiger partial charge in [0.05, 0.1) is 12.2 Å². The summed E-state index contributed by atoms with van der Waals surface area (Å²) in [7, 11) is -0.255. The van der Waals surface area contributed by atoms with E-state index < -0.39 is 38.4 Å². The Kier molecular flexibility index (Phi) is 6.97. The maximum absolute atomic E-state index is 15.3. The van der Waals surface area contributed by atoms with Crippen LogP contribution < -0.4 is 0 Å². The summed E-state index contributed by atoms with van der Waals surface area (Å²) in [6, 6.07) is 0.310. The zero-order valence-corrected chi connectivity index (χ0v) is 18.0. The molecule has 1 saturated heterocycles. The molecule has 1 N–H and O–H groups in total. The molecule has 1 unspecified atom stereocenters. The van der Waals surface area contributed by atoms with Gasteiger partial charge in [0.25, 0.3) is 8.53 Å². The monoisotopic (exact) mass is 407 g/mol. The summed E-state index contributed by atoms with van der Waals surface area (Å²) in [5, 5.41) is 3.50. The topological polar surface area (TPSA) is 55.5 Å². The van der Waals surface area contributed by atoms with Crippen LogP contribution in [-0.4, -0.2) is 67.5 Å². The average molecular weight is 407 g/mol. The summed E-state index contributed by atoms with van der Waals surface area (Å²) in [5.74, 6) is -0.572. The molecule has 3 fully saturated rings. The Morgan fingerprint density at radius 1 is 1.52 bits per heavy atom. The highest BCUT2D eigenvalue weighted by atomic mass is 31.2. The molecule has 2 aliphatic carbocycles. The van der Waals surface area contributed by atoms with Crippen molar-refractivity contribution in [1.82, 2.24) is 4.67 Å². The van der Waals surface area contributed by atoms with Crippen molar-refractivity contribution in [2.24, 2.45) is 11.8 Å². The molecule has 0 spiro atoms. The second kappa shape index (κ2) is 9.43. The first-order chi connectivity index (χ1) is 13.6. The van der Waals surface area contributed by atoms with E-state index in [2.05, 4.69) is 42.3 Å². The van der Waals surface area contributed by atoms with E-state index in [-0.39, 0.29) is 31.2 Å². The van der Waals surface area contributed by atoms with Crippen molar-refractivity contribution < 1.29 is 24.7 Å². The summed E-state index contributed by atoms with van der Waals surface area (Å²) in [4.78, 5) is 3.34. The van der Waals surface area contributed by atoms with Crippen molar-refractivity contribution in [2.75, 3.05) is 20.3 Å². The summed E-state index contributed by atoms with van der Waals surface area (Å²) in [5.41, 5.74) is -1.10. The number of ether oxygens (including phenoxy) is 1. The Labute approximate surface area is 167 Å². The van der Waals surface area contributed by atoms with Crippen molar-refractivity contribution >= 4 is 8.53 Å². The van der Waals surface area contributed by atoms with Crippen LogP contribution in [0.5, 0.6) is 0 Å². The molecule has 27 heavy (non-hydrogen) atoms. The molecule has 0 radical (unpaired) electrons. The highest BCUT2D eigenvalue weighted by Gasteiger charge is 2.71. The van der Waals surface area contributed by atoms with Crippen LogP contribution >= 0.6 is 8.53 Å². The number of alkyl halides is 1. The van der Waals surface area contributed by atoms with Crippen LogP contribution in [0.25, 0.3) is 4.85 Å². The Balaban J connectivity index is 0.000000941. The lowest BCUT2D eigenvalue weighted by atomic mass is 9.90. The zero-order chi connectivity index (χ0) is 22.0. The van der Waals surface area contributed by atoms with Crippen molar-refractivity contribution in [3.8, 4) is 0 Å². The van der Waals surface area contributed by atoms with Crippen LogP contribution in [0.1, 0.15) is 48.8 Å². The van der Waals surface area contributed by atoms with Crippen LogP contribution in [0.2, 0.25) is 0 Å². The maximum atomic E-state index is 15.3. The SMILES string of the molecule is [2H][C@]12C[C@H]1C[C@]1(OP(OCC[N+]#[C-])N(C(C)C)C(C)C)[C@H](F)[C@H](C)O[C@H]21.[3H]OC. The van der Waals surface area contributed by atoms with Crippen molar-refractivity contribution in [3.63, 3.8) is 0 Å². The second-order valence-corrected chi connectivity index (χ2v) is 9.25. The fraction of sp³-hybridized carbons (Fsp3) is 0.947. The number of aliphatic hydroxyl groups excluding tert-OH is 1. The van der Waals surface area contributed by atoms with Crippen molar-refractivity contribution in [3.05, 3.63) is 11.4 Å². The molecule has 3 rings (SSSR count). The molecule has 156 valence electrons. The van der Waals surface area contributed by atoms with Gasteiger partial charge in [-0.15, -0.1) is 0 Å². The number of fused-ring (bicyclic) bond motifs is 3. The molecule has 7 atom stereocenters. The number of hydrogen-bond donors (Lipinski definition) is 1. The van der Waals surface area contributed by atoms with Gasteiger partial charge in [0.1, 0.15) is 12.2 Å². The van der Waals surface area contributed by atoms with E-state index in [1.54, 1.807) is 6.92 Å². The van der Waals surface area contributed by atoms with Gasteiger partial charge in [-0.05, 0) is 59.3 Å². The van der Waals surface area contributed by atoms with Gasteiger partial charge in [-0.1, -0.05) is 0 Å². The normalized spacial score (nSPS) is 41.4. The Morgan fingerprint density at radius 3 is 2.70 bits per heavy atom. The average Bonchev–Trinajstić information content (AvgIpc) is 3.12. The van der Waals surface area contributed by atoms with Gasteiger partial charge < -0.3 is 23.7 Å². The van der Waals surface area contributed by atoms with E-state index in [0.717, 1.165) is 6.42 Å². The first kappa shape index (κ1) is 19.9. The Bertz CT molecular complexity index is 591. The van der Waals surface area contributed by atoms with E-state index in [1.807, 2.05) is 0 Å². The largest absolute Gasteiger partial charge is 0.400 e. The Hall–Kier alpha value is -0.350. The summed E-state index contributed by atoms with van der Waals surface area (Å²) in [6.07, 6.45) is -1.10. The van der Waals surface area contributed by atoms with Gasteiger partial charge in [0, 0.05) is 20.6 Å². The minimum atomic E-state index is -1.55. The van der Waals surface area contributed by atoms with Crippen LogP contribution in [-0.2, 0) is 13.8 Å². The van der Waals surface area contributed by atoms with Gasteiger partial charge in [-0.3, -0.25) is 0 Å². The molecular formula is C19H34FN2O4P. The maximum Gasteiger partial charge on any atom is 0.260 e. The van der Waals surface area contributed by atoms with Crippen LogP contribution in [0.15, 0.2) is 0 Å². The zero-order valence-electron chi connectivity index (χ0n) is 19.1. The molecular weight excluding hydrogens is 370 g/mol. The van der Waals surface area contributed by atoms with Gasteiger partial charge in [0.2, 0.25) is 7.98 Å². The lowest BCUT2D eigenvalue weighted by molar-refractivity contribution is -0.0428. The Morgan fingerprint density at radius 2 is 2.15 bits per heavy atom. The quantitative estimate of drug-likeness (QED) is 0.377. The van der Waals surface area contributed by atoms with E-state index in [9.17, 15) is 0 Å². The van der Waals surface area contributed by atoms with Crippen molar-refractivity contribution in [1.29, 1.82) is 1.43 Å². The summed E-state index contributed by atoms with van der Waals surface area (Å²) >= 11 is 0. The molecule has 2 saturated carbocycles. The van der Waals surface area contributed by atoms with Gasteiger partial charge >= 0.3 is 0 Å². The van der Waals surface area contributed by atoms with Crippen LogP contribution in [0.4, 0.5) is 4.39 Å². The summed E-state index contributed by atoms with van der Waals surface area (Å²) < 4.78 is 50.0. The van der Waals surface area contributed by atoms with E-state index >= 15 is 4.39 Å². The van der Waals surface area contributed by atoms with Gasteiger partial charge in [-0.2, -0.15) is 0 Å². The van der Waals surface area contributed by atoms with Gasteiger partial charge in [0.15, 0.2) is 6.17 Å². The smallest absolute Gasteiger partial charge is 0.260 e. The van der Waals surface area contributed by atoms with Crippen molar-refractivity contribution in [2.45, 2.75) is 83.5 Å². The molecule has 0 aromatic rings. The molecule has 0 aromatic heterocycles. The number of halogens is 1. The lowest BCUT2D eigenvalue weighted by Gasteiger charge is -2.41. The first-order valence-electron chi connectivity index (χ1n) is 10.5. The summed E-state index contributed by atoms with van der Waals surface area (Å²) in [6.45, 7) is 17.4. The van der Waals surface area contributed by atoms with Gasteiger partial charge in [-0.25, -0.2) is 15.6 Å². The minimum Gasteiger partial charge on any atom is -0.400 e. The molecule has 0 aromatic carbocycles. The minimum absolute atomic E-state index is 0.143. The van der Waals surface area contributed by atoms with Crippen LogP contribution in [0.3, 0.4) is 0 Å². The predicted molar refractivity (Wildman–Crippen MR) is 104 cm³/mol. The number of rotatable bonds is 8. The third-order valence-corrected chi connectivity index (χ3v) is 7.52. The van der Waals surface area contributed by atoms with Crippen LogP contribution in [0, 0.1) is 18.4 Å². The predicted octanol–water partition coefficient (Wildman–Crippen LogP) is 3.80. The highest BCUT2D eigenvalue weighted by Crippen LogP contribution is 2.66. The molecule has 1 aliphatic heterocycles. The molecule has 6 nitrogen and oxygen atoms in total. The molecule has 3 aliphatic rings. The van der Waals surface area contributed by atoms with E-state index in [1.165, 1.54) is 7.11 Å².